The number of aliphatic hydroxyl groups excluding tert-OH is 1. The summed E-state index contributed by atoms with van der Waals surface area (Å²) in [6.45, 7) is 1.98. The molecule has 19 heavy (non-hydrogen) atoms. The molecule has 2 atom stereocenters. The molecular weight excluding hydrogens is 272 g/mol. The Kier molecular flexibility index (Phi) is 3.66. The Morgan fingerprint density at radius 1 is 1.58 bits per heavy atom. The van der Waals surface area contributed by atoms with Crippen LogP contribution in [0.25, 0.3) is 0 Å². The summed E-state index contributed by atoms with van der Waals surface area (Å²) in [6, 6.07) is 0.642. The van der Waals surface area contributed by atoms with Gasteiger partial charge >= 0.3 is 5.97 Å². The number of nitrogens with zero attached hydrogens (tertiary/aromatic N) is 1. The van der Waals surface area contributed by atoms with Crippen molar-refractivity contribution in [3.8, 4) is 0 Å². The van der Waals surface area contributed by atoms with Crippen molar-refractivity contribution in [3.63, 3.8) is 0 Å². The van der Waals surface area contributed by atoms with E-state index in [1.165, 1.54) is 4.31 Å². The highest BCUT2D eigenvalue weighted by atomic mass is 32.2. The van der Waals surface area contributed by atoms with E-state index in [4.69, 9.17) is 5.11 Å². The summed E-state index contributed by atoms with van der Waals surface area (Å²) in [5.74, 6) is -1.13. The van der Waals surface area contributed by atoms with E-state index in [0.717, 1.165) is 12.3 Å². The second-order valence-corrected chi connectivity index (χ2v) is 6.58. The Hall–Kier alpha value is -1.38. The number of rotatable bonds is 4. The van der Waals surface area contributed by atoms with Crippen LogP contribution in [0.3, 0.4) is 0 Å². The van der Waals surface area contributed by atoms with Crippen molar-refractivity contribution < 1.29 is 23.4 Å². The molecule has 0 aliphatic carbocycles. The molecular formula is C11H16N2O5S. The number of carboxylic acid groups (broad SMARTS) is 1. The highest BCUT2D eigenvalue weighted by Crippen LogP contribution is 2.30. The monoisotopic (exact) mass is 288 g/mol. The van der Waals surface area contributed by atoms with Crippen LogP contribution < -0.4 is 0 Å². The number of H-pyrrole nitrogens is 1. The first kappa shape index (κ1) is 14.0. The number of aromatic amines is 1. The average molecular weight is 288 g/mol. The number of hydrogen-bond donors (Lipinski definition) is 3. The van der Waals surface area contributed by atoms with E-state index in [1.807, 2.05) is 6.92 Å². The summed E-state index contributed by atoms with van der Waals surface area (Å²) in [5.41, 5.74) is -0.175. The molecule has 2 rings (SSSR count). The zero-order chi connectivity index (χ0) is 14.2. The summed E-state index contributed by atoms with van der Waals surface area (Å²) < 4.78 is 26.0. The molecule has 0 radical (unpaired) electrons. The number of aromatic carboxylic acids is 1. The van der Waals surface area contributed by atoms with Gasteiger partial charge in [-0.1, -0.05) is 6.92 Å². The van der Waals surface area contributed by atoms with Crippen molar-refractivity contribution in [1.29, 1.82) is 0 Å². The van der Waals surface area contributed by atoms with Gasteiger partial charge in [0.2, 0.25) is 10.0 Å². The number of sulfonamides is 1. The van der Waals surface area contributed by atoms with Gasteiger partial charge in [0, 0.05) is 12.7 Å². The van der Waals surface area contributed by atoms with Gasteiger partial charge in [0.05, 0.1) is 12.6 Å². The van der Waals surface area contributed by atoms with Gasteiger partial charge in [-0.15, -0.1) is 0 Å². The van der Waals surface area contributed by atoms with Crippen LogP contribution in [0.1, 0.15) is 23.8 Å². The Morgan fingerprint density at radius 3 is 2.79 bits per heavy atom. The van der Waals surface area contributed by atoms with Crippen LogP contribution >= 0.6 is 0 Å². The smallest absolute Gasteiger partial charge is 0.352 e. The van der Waals surface area contributed by atoms with Gasteiger partial charge in [-0.25, -0.2) is 13.2 Å². The Morgan fingerprint density at radius 2 is 2.26 bits per heavy atom. The third kappa shape index (κ3) is 2.38. The molecule has 0 spiro atoms. The van der Waals surface area contributed by atoms with Gasteiger partial charge < -0.3 is 15.2 Å². The number of aromatic nitrogens is 1. The van der Waals surface area contributed by atoms with Crippen LogP contribution in [-0.2, 0) is 10.0 Å². The molecule has 1 aliphatic rings. The van der Waals surface area contributed by atoms with E-state index in [9.17, 15) is 18.3 Å². The minimum absolute atomic E-state index is 0.0812. The minimum atomic E-state index is -3.77. The minimum Gasteiger partial charge on any atom is -0.477 e. The largest absolute Gasteiger partial charge is 0.477 e. The molecule has 0 bridgehead atoms. The third-order valence-electron chi connectivity index (χ3n) is 3.51. The van der Waals surface area contributed by atoms with Crippen molar-refractivity contribution >= 4 is 16.0 Å². The zero-order valence-corrected chi connectivity index (χ0v) is 11.2. The lowest BCUT2D eigenvalue weighted by atomic mass is 10.0. The van der Waals surface area contributed by atoms with E-state index >= 15 is 0 Å². The molecule has 0 amide bonds. The average Bonchev–Trinajstić information content (AvgIpc) is 2.95. The molecule has 3 N–H and O–H groups in total. The fourth-order valence-corrected chi connectivity index (χ4v) is 4.05. The molecule has 1 saturated heterocycles. The predicted octanol–water partition coefficient (Wildman–Crippen LogP) is 0.104. The number of hydrogen-bond acceptors (Lipinski definition) is 4. The standard InChI is InChI=1S/C11H16N2O5S/c1-7-2-3-13(10(7)6-14)19(17,18)8-4-9(11(15)16)12-5-8/h4-5,7,10,12,14H,2-3,6H2,1H3,(H,15,16). The maximum absolute atomic E-state index is 12.4. The third-order valence-corrected chi connectivity index (χ3v) is 5.41. The lowest BCUT2D eigenvalue weighted by Crippen LogP contribution is -2.39. The van der Waals surface area contributed by atoms with E-state index in [0.29, 0.717) is 13.0 Å². The fourth-order valence-electron chi connectivity index (χ4n) is 2.32. The summed E-state index contributed by atoms with van der Waals surface area (Å²) in [6.07, 6.45) is 1.84. The molecule has 8 heteroatoms. The first-order valence-corrected chi connectivity index (χ1v) is 7.36. The second kappa shape index (κ2) is 4.95. The van der Waals surface area contributed by atoms with E-state index in [-0.39, 0.29) is 23.1 Å². The molecule has 1 aromatic rings. The molecule has 2 unspecified atom stereocenters. The SMILES string of the molecule is CC1CCN(S(=O)(=O)c2c[nH]c(C(=O)O)c2)C1CO. The molecule has 0 saturated carbocycles. The molecule has 7 nitrogen and oxygen atoms in total. The topological polar surface area (TPSA) is 111 Å². The van der Waals surface area contributed by atoms with Crippen molar-refractivity contribution in [2.45, 2.75) is 24.3 Å². The van der Waals surface area contributed by atoms with Crippen LogP contribution in [0.15, 0.2) is 17.2 Å². The lowest BCUT2D eigenvalue weighted by molar-refractivity contribution is 0.0691. The lowest BCUT2D eigenvalue weighted by Gasteiger charge is -2.23. The molecule has 106 valence electrons. The van der Waals surface area contributed by atoms with Gasteiger partial charge in [0.15, 0.2) is 0 Å². The number of aliphatic hydroxyl groups is 1. The van der Waals surface area contributed by atoms with Crippen LogP contribution in [-0.4, -0.2) is 53.1 Å². The molecule has 1 fully saturated rings. The van der Waals surface area contributed by atoms with Crippen LogP contribution in [0, 0.1) is 5.92 Å². The normalized spacial score (nSPS) is 24.7. The van der Waals surface area contributed by atoms with Crippen molar-refractivity contribution in [2.24, 2.45) is 5.92 Å². The Labute approximate surface area is 110 Å². The summed E-state index contributed by atoms with van der Waals surface area (Å²) >= 11 is 0. The quantitative estimate of drug-likeness (QED) is 0.728. The van der Waals surface area contributed by atoms with Crippen LogP contribution in [0.5, 0.6) is 0 Å². The van der Waals surface area contributed by atoms with Gasteiger partial charge in [0.25, 0.3) is 0 Å². The molecule has 2 heterocycles. The van der Waals surface area contributed by atoms with Crippen LogP contribution in [0.4, 0.5) is 0 Å². The van der Waals surface area contributed by atoms with E-state index < -0.39 is 22.0 Å². The number of nitrogens with one attached hydrogen (secondary N) is 1. The Balaban J connectivity index is 2.34. The highest BCUT2D eigenvalue weighted by molar-refractivity contribution is 7.89. The second-order valence-electron chi connectivity index (χ2n) is 4.69. The first-order chi connectivity index (χ1) is 8.87. The maximum atomic E-state index is 12.4. The molecule has 0 aromatic carbocycles. The summed E-state index contributed by atoms with van der Waals surface area (Å²) in [7, 11) is -3.77. The zero-order valence-electron chi connectivity index (χ0n) is 10.4. The Bertz CT molecular complexity index is 580. The van der Waals surface area contributed by atoms with Gasteiger partial charge in [-0.3, -0.25) is 0 Å². The van der Waals surface area contributed by atoms with Gasteiger partial charge in [-0.2, -0.15) is 4.31 Å². The van der Waals surface area contributed by atoms with Crippen LogP contribution in [0.2, 0.25) is 0 Å². The maximum Gasteiger partial charge on any atom is 0.352 e. The fraction of sp³-hybridized carbons (Fsp3) is 0.545. The first-order valence-electron chi connectivity index (χ1n) is 5.92. The number of carbonyl (C=O) groups is 1. The van der Waals surface area contributed by atoms with Gasteiger partial charge in [0.1, 0.15) is 10.6 Å². The summed E-state index contributed by atoms with van der Waals surface area (Å²) in [4.78, 5) is 13.1. The number of carboxylic acids is 1. The van der Waals surface area contributed by atoms with Crippen molar-refractivity contribution in [3.05, 3.63) is 18.0 Å². The van der Waals surface area contributed by atoms with E-state index in [2.05, 4.69) is 4.98 Å². The van der Waals surface area contributed by atoms with Crippen molar-refractivity contribution in [2.75, 3.05) is 13.2 Å². The van der Waals surface area contributed by atoms with Gasteiger partial charge in [-0.05, 0) is 18.4 Å². The predicted molar refractivity (Wildman–Crippen MR) is 66.3 cm³/mol. The van der Waals surface area contributed by atoms with Crippen molar-refractivity contribution in [1.82, 2.24) is 9.29 Å². The van der Waals surface area contributed by atoms with E-state index in [1.54, 1.807) is 0 Å². The highest BCUT2D eigenvalue weighted by Gasteiger charge is 2.39. The molecule has 1 aliphatic heterocycles. The molecule has 1 aromatic heterocycles. The summed E-state index contributed by atoms with van der Waals surface area (Å²) in [5, 5.41) is 18.1.